The highest BCUT2D eigenvalue weighted by atomic mass is 19.1. The standard InChI is InChI=1S/C6H8FN3O2/c1-10-8-3-4(9-10)2-5(7)6(11)12/h3,5H,2H2,1H3,(H,11,12). The van der Waals surface area contributed by atoms with Gasteiger partial charge in [-0.05, 0) is 0 Å². The third-order valence-electron chi connectivity index (χ3n) is 1.30. The van der Waals surface area contributed by atoms with Crippen molar-refractivity contribution in [1.29, 1.82) is 0 Å². The van der Waals surface area contributed by atoms with Crippen LogP contribution in [0, 0.1) is 0 Å². The van der Waals surface area contributed by atoms with Crippen LogP contribution in [0.5, 0.6) is 0 Å². The Kier molecular flexibility index (Phi) is 2.37. The van der Waals surface area contributed by atoms with Gasteiger partial charge in [-0.1, -0.05) is 0 Å². The van der Waals surface area contributed by atoms with E-state index in [4.69, 9.17) is 5.11 Å². The highest BCUT2D eigenvalue weighted by Gasteiger charge is 2.17. The summed E-state index contributed by atoms with van der Waals surface area (Å²) in [6.07, 6.45) is -0.791. The summed E-state index contributed by atoms with van der Waals surface area (Å²) in [5.41, 5.74) is 0.340. The topological polar surface area (TPSA) is 68.0 Å². The second kappa shape index (κ2) is 3.29. The van der Waals surface area contributed by atoms with Crippen molar-refractivity contribution in [3.8, 4) is 0 Å². The molecular formula is C6H8FN3O2. The van der Waals surface area contributed by atoms with Crippen molar-refractivity contribution < 1.29 is 14.3 Å². The van der Waals surface area contributed by atoms with Crippen LogP contribution in [-0.4, -0.2) is 32.2 Å². The van der Waals surface area contributed by atoms with Gasteiger partial charge in [-0.2, -0.15) is 15.0 Å². The van der Waals surface area contributed by atoms with Crippen molar-refractivity contribution in [2.75, 3.05) is 0 Å². The minimum atomic E-state index is -1.90. The van der Waals surface area contributed by atoms with Gasteiger partial charge < -0.3 is 5.11 Å². The molecule has 6 heteroatoms. The van der Waals surface area contributed by atoms with E-state index >= 15 is 0 Å². The lowest BCUT2D eigenvalue weighted by Gasteiger charge is -1.97. The molecular weight excluding hydrogens is 165 g/mol. The molecule has 5 nitrogen and oxygen atoms in total. The Morgan fingerprint density at radius 2 is 2.58 bits per heavy atom. The van der Waals surface area contributed by atoms with E-state index in [0.29, 0.717) is 5.69 Å². The van der Waals surface area contributed by atoms with Gasteiger partial charge in [0.05, 0.1) is 11.9 Å². The first-order valence-electron chi connectivity index (χ1n) is 3.31. The molecule has 0 radical (unpaired) electrons. The van der Waals surface area contributed by atoms with Gasteiger partial charge >= 0.3 is 5.97 Å². The van der Waals surface area contributed by atoms with E-state index in [1.807, 2.05) is 0 Å². The van der Waals surface area contributed by atoms with Crippen LogP contribution in [0.3, 0.4) is 0 Å². The summed E-state index contributed by atoms with van der Waals surface area (Å²) in [6.45, 7) is 0. The molecule has 0 aliphatic heterocycles. The molecule has 0 saturated carbocycles. The molecule has 0 spiro atoms. The monoisotopic (exact) mass is 173 g/mol. The number of hydrogen-bond acceptors (Lipinski definition) is 3. The third-order valence-corrected chi connectivity index (χ3v) is 1.30. The second-order valence-electron chi connectivity index (χ2n) is 2.34. The Hall–Kier alpha value is -1.46. The van der Waals surface area contributed by atoms with Crippen LogP contribution >= 0.6 is 0 Å². The molecule has 0 aliphatic carbocycles. The zero-order valence-corrected chi connectivity index (χ0v) is 6.44. The molecule has 0 fully saturated rings. The number of carboxylic acids is 1. The molecule has 1 atom stereocenters. The van der Waals surface area contributed by atoms with Gasteiger partial charge in [0.1, 0.15) is 0 Å². The van der Waals surface area contributed by atoms with Crippen molar-refractivity contribution in [2.45, 2.75) is 12.6 Å². The van der Waals surface area contributed by atoms with Crippen LogP contribution in [0.2, 0.25) is 0 Å². The summed E-state index contributed by atoms with van der Waals surface area (Å²) in [4.78, 5) is 11.3. The molecule has 66 valence electrons. The quantitative estimate of drug-likeness (QED) is 0.686. The van der Waals surface area contributed by atoms with Crippen molar-refractivity contribution in [3.63, 3.8) is 0 Å². The average Bonchev–Trinajstić information content (AvgIpc) is 2.35. The Bertz CT molecular complexity index is 286. The molecule has 1 aromatic rings. The van der Waals surface area contributed by atoms with Gasteiger partial charge in [0.2, 0.25) is 6.17 Å². The maximum atomic E-state index is 12.5. The summed E-state index contributed by atoms with van der Waals surface area (Å²) in [7, 11) is 1.58. The summed E-state index contributed by atoms with van der Waals surface area (Å²) >= 11 is 0. The average molecular weight is 173 g/mol. The Balaban J connectivity index is 2.58. The van der Waals surface area contributed by atoms with E-state index in [9.17, 15) is 9.18 Å². The van der Waals surface area contributed by atoms with Crippen LogP contribution in [0.1, 0.15) is 5.69 Å². The van der Waals surface area contributed by atoms with E-state index in [-0.39, 0.29) is 6.42 Å². The maximum absolute atomic E-state index is 12.5. The van der Waals surface area contributed by atoms with E-state index in [1.165, 1.54) is 11.0 Å². The minimum absolute atomic E-state index is 0.233. The fourth-order valence-electron chi connectivity index (χ4n) is 0.752. The predicted octanol–water partition coefficient (Wildman–Crippen LogP) is -0.220. The van der Waals surface area contributed by atoms with Crippen LogP contribution in [0.4, 0.5) is 4.39 Å². The van der Waals surface area contributed by atoms with Crippen molar-refractivity contribution in [1.82, 2.24) is 15.0 Å². The van der Waals surface area contributed by atoms with Crippen LogP contribution in [0.25, 0.3) is 0 Å². The second-order valence-corrected chi connectivity index (χ2v) is 2.34. The summed E-state index contributed by atoms with van der Waals surface area (Å²) in [5.74, 6) is -1.47. The van der Waals surface area contributed by atoms with Crippen molar-refractivity contribution >= 4 is 5.97 Å². The number of hydrogen-bond donors (Lipinski definition) is 1. The fraction of sp³-hybridized carbons (Fsp3) is 0.500. The molecule has 0 amide bonds. The number of carbonyl (C=O) groups is 1. The summed E-state index contributed by atoms with van der Waals surface area (Å²) < 4.78 is 12.5. The van der Waals surface area contributed by atoms with Gasteiger partial charge in [0.25, 0.3) is 0 Å². The molecule has 0 aromatic carbocycles. The van der Waals surface area contributed by atoms with Crippen molar-refractivity contribution in [2.24, 2.45) is 7.05 Å². The number of aromatic nitrogens is 3. The lowest BCUT2D eigenvalue weighted by molar-refractivity contribution is -0.142. The van der Waals surface area contributed by atoms with Gasteiger partial charge in [-0.15, -0.1) is 0 Å². The fourth-order valence-corrected chi connectivity index (χ4v) is 0.752. The van der Waals surface area contributed by atoms with Gasteiger partial charge in [0, 0.05) is 13.5 Å². The molecule has 12 heavy (non-hydrogen) atoms. The zero-order valence-electron chi connectivity index (χ0n) is 6.44. The molecule has 1 aromatic heterocycles. The lowest BCUT2D eigenvalue weighted by atomic mass is 10.2. The number of aliphatic carboxylic acids is 1. The first kappa shape index (κ1) is 8.63. The molecule has 1 heterocycles. The molecule has 1 unspecified atom stereocenters. The largest absolute Gasteiger partial charge is 0.479 e. The van der Waals surface area contributed by atoms with E-state index in [1.54, 1.807) is 7.05 Å². The van der Waals surface area contributed by atoms with Crippen LogP contribution in [0.15, 0.2) is 6.20 Å². The molecule has 1 N–H and O–H groups in total. The number of alkyl halides is 1. The third kappa shape index (κ3) is 2.01. The minimum Gasteiger partial charge on any atom is -0.479 e. The normalized spacial score (nSPS) is 12.8. The van der Waals surface area contributed by atoms with Crippen LogP contribution < -0.4 is 0 Å². The Labute approximate surface area is 67.8 Å². The zero-order chi connectivity index (χ0) is 9.14. The van der Waals surface area contributed by atoms with E-state index in [2.05, 4.69) is 10.2 Å². The van der Waals surface area contributed by atoms with Crippen molar-refractivity contribution in [3.05, 3.63) is 11.9 Å². The van der Waals surface area contributed by atoms with Crippen LogP contribution in [-0.2, 0) is 18.3 Å². The number of rotatable bonds is 3. The van der Waals surface area contributed by atoms with E-state index in [0.717, 1.165) is 0 Å². The number of halogens is 1. The number of aryl methyl sites for hydroxylation is 1. The highest BCUT2D eigenvalue weighted by molar-refractivity contribution is 5.72. The predicted molar refractivity (Wildman–Crippen MR) is 37.2 cm³/mol. The number of carboxylic acid groups (broad SMARTS) is 1. The van der Waals surface area contributed by atoms with Gasteiger partial charge in [0.15, 0.2) is 0 Å². The van der Waals surface area contributed by atoms with Gasteiger partial charge in [-0.3, -0.25) is 0 Å². The summed E-state index contributed by atoms with van der Waals surface area (Å²) in [6, 6.07) is 0. The SMILES string of the molecule is Cn1ncc(CC(F)C(=O)O)n1. The molecule has 0 aliphatic rings. The Morgan fingerprint density at radius 3 is 3.00 bits per heavy atom. The lowest BCUT2D eigenvalue weighted by Crippen LogP contribution is -2.17. The maximum Gasteiger partial charge on any atom is 0.338 e. The van der Waals surface area contributed by atoms with Gasteiger partial charge in [-0.25, -0.2) is 9.18 Å². The summed E-state index contributed by atoms with van der Waals surface area (Å²) in [5, 5.41) is 15.6. The highest BCUT2D eigenvalue weighted by Crippen LogP contribution is 2.01. The smallest absolute Gasteiger partial charge is 0.338 e. The molecule has 1 rings (SSSR count). The molecule has 0 bridgehead atoms. The number of nitrogens with zero attached hydrogens (tertiary/aromatic N) is 3. The first-order valence-corrected chi connectivity index (χ1v) is 3.31. The molecule has 0 saturated heterocycles. The Morgan fingerprint density at radius 1 is 1.92 bits per heavy atom. The first-order chi connectivity index (χ1) is 5.59. The van der Waals surface area contributed by atoms with E-state index < -0.39 is 12.1 Å².